The molecule has 5 nitrogen and oxygen atoms in total. The molecule has 1 N–H and O–H groups in total. The minimum absolute atomic E-state index is 0.0600. The molecule has 2 amide bonds. The van der Waals surface area contributed by atoms with Gasteiger partial charge in [-0.05, 0) is 53.4 Å². The maximum absolute atomic E-state index is 13.6. The third kappa shape index (κ3) is 5.58. The van der Waals surface area contributed by atoms with Crippen LogP contribution in [0.3, 0.4) is 0 Å². The van der Waals surface area contributed by atoms with Gasteiger partial charge in [-0.1, -0.05) is 37.1 Å². The van der Waals surface area contributed by atoms with Crippen LogP contribution in [0.2, 0.25) is 0 Å². The van der Waals surface area contributed by atoms with Crippen molar-refractivity contribution in [3.05, 3.63) is 74.6 Å². The van der Waals surface area contributed by atoms with E-state index in [1.807, 2.05) is 59.3 Å². The summed E-state index contributed by atoms with van der Waals surface area (Å²) in [6.45, 7) is 0.391. The third-order valence-electron chi connectivity index (χ3n) is 5.80. The number of carbonyl (C=O) groups is 2. The Hall–Kier alpha value is -2.64. The molecule has 32 heavy (non-hydrogen) atoms. The summed E-state index contributed by atoms with van der Waals surface area (Å²) in [5.41, 5.74) is 0.760. The lowest BCUT2D eigenvalue weighted by Gasteiger charge is -2.32. The third-order valence-corrected chi connectivity index (χ3v) is 7.54. The van der Waals surface area contributed by atoms with Gasteiger partial charge in [-0.2, -0.15) is 0 Å². The van der Waals surface area contributed by atoms with Crippen LogP contribution < -0.4 is 10.1 Å². The molecule has 1 saturated carbocycles. The number of methoxy groups -OCH3 is 1. The van der Waals surface area contributed by atoms with Crippen molar-refractivity contribution in [3.8, 4) is 5.75 Å². The van der Waals surface area contributed by atoms with E-state index in [1.165, 1.54) is 0 Å². The summed E-state index contributed by atoms with van der Waals surface area (Å²) in [4.78, 5) is 31.0. The molecule has 1 aliphatic carbocycles. The number of nitrogens with zero attached hydrogens (tertiary/aromatic N) is 1. The van der Waals surface area contributed by atoms with E-state index in [0.29, 0.717) is 12.3 Å². The lowest BCUT2D eigenvalue weighted by Crippen LogP contribution is -2.46. The SMILES string of the molecule is COc1cccc([C@H](C(=O)NC2CCCC2)N(Cc2cccs2)C(=O)Cc2cccs2)c1. The first kappa shape index (κ1) is 22.6. The van der Waals surface area contributed by atoms with Crippen molar-refractivity contribution in [2.75, 3.05) is 7.11 Å². The highest BCUT2D eigenvalue weighted by Crippen LogP contribution is 2.30. The van der Waals surface area contributed by atoms with E-state index in [2.05, 4.69) is 5.32 Å². The Labute approximate surface area is 197 Å². The van der Waals surface area contributed by atoms with E-state index >= 15 is 0 Å². The molecule has 4 rings (SSSR count). The van der Waals surface area contributed by atoms with Gasteiger partial charge in [-0.15, -0.1) is 22.7 Å². The summed E-state index contributed by atoms with van der Waals surface area (Å²) < 4.78 is 5.42. The number of thiophene rings is 2. The molecule has 0 spiro atoms. The smallest absolute Gasteiger partial charge is 0.247 e. The second-order valence-corrected chi connectivity index (χ2v) is 10.1. The van der Waals surface area contributed by atoms with Gasteiger partial charge in [0, 0.05) is 15.8 Å². The first-order valence-corrected chi connectivity index (χ1v) is 12.7. The Morgan fingerprint density at radius 2 is 1.78 bits per heavy atom. The fraction of sp³-hybridized carbons (Fsp3) is 0.360. The van der Waals surface area contributed by atoms with Crippen LogP contribution in [0.25, 0.3) is 0 Å². The van der Waals surface area contributed by atoms with Crippen LogP contribution in [0.15, 0.2) is 59.3 Å². The van der Waals surface area contributed by atoms with E-state index in [-0.39, 0.29) is 24.3 Å². The zero-order chi connectivity index (χ0) is 22.3. The number of hydrogen-bond acceptors (Lipinski definition) is 5. The van der Waals surface area contributed by atoms with Crippen LogP contribution in [0.5, 0.6) is 5.75 Å². The van der Waals surface area contributed by atoms with Crippen molar-refractivity contribution in [2.24, 2.45) is 0 Å². The van der Waals surface area contributed by atoms with E-state index in [0.717, 1.165) is 41.0 Å². The summed E-state index contributed by atoms with van der Waals surface area (Å²) in [7, 11) is 1.61. The van der Waals surface area contributed by atoms with Crippen LogP contribution in [-0.4, -0.2) is 29.9 Å². The summed E-state index contributed by atoms with van der Waals surface area (Å²) in [5, 5.41) is 7.19. The molecular formula is C25H28N2O3S2. The maximum Gasteiger partial charge on any atom is 0.247 e. The molecule has 0 aliphatic heterocycles. The van der Waals surface area contributed by atoms with Crippen molar-refractivity contribution in [1.82, 2.24) is 10.2 Å². The number of carbonyl (C=O) groups excluding carboxylic acids is 2. The fourth-order valence-corrected chi connectivity index (χ4v) is 5.59. The molecular weight excluding hydrogens is 440 g/mol. The van der Waals surface area contributed by atoms with Crippen molar-refractivity contribution >= 4 is 34.5 Å². The minimum Gasteiger partial charge on any atom is -0.497 e. The summed E-state index contributed by atoms with van der Waals surface area (Å²) in [6.07, 6.45) is 4.52. The van der Waals surface area contributed by atoms with Gasteiger partial charge in [-0.3, -0.25) is 9.59 Å². The molecule has 2 heterocycles. The topological polar surface area (TPSA) is 58.6 Å². The zero-order valence-electron chi connectivity index (χ0n) is 18.2. The molecule has 7 heteroatoms. The number of nitrogens with one attached hydrogen (secondary N) is 1. The summed E-state index contributed by atoms with van der Waals surface area (Å²) >= 11 is 3.15. The van der Waals surface area contributed by atoms with Crippen LogP contribution in [-0.2, 0) is 22.6 Å². The van der Waals surface area contributed by atoms with Gasteiger partial charge >= 0.3 is 0 Å². The van der Waals surface area contributed by atoms with Crippen LogP contribution in [0.4, 0.5) is 0 Å². The highest BCUT2D eigenvalue weighted by Gasteiger charge is 2.33. The summed E-state index contributed by atoms with van der Waals surface area (Å²) in [6, 6.07) is 14.8. The zero-order valence-corrected chi connectivity index (χ0v) is 19.8. The second-order valence-electron chi connectivity index (χ2n) is 8.03. The Bertz CT molecular complexity index is 1010. The normalized spacial score (nSPS) is 14.8. The molecule has 0 bridgehead atoms. The maximum atomic E-state index is 13.6. The highest BCUT2D eigenvalue weighted by molar-refractivity contribution is 7.10. The molecule has 1 atom stereocenters. The monoisotopic (exact) mass is 468 g/mol. The highest BCUT2D eigenvalue weighted by atomic mass is 32.1. The Balaban J connectivity index is 1.69. The Morgan fingerprint density at radius 1 is 1.06 bits per heavy atom. The molecule has 3 aromatic rings. The average Bonchev–Trinajstić information content (AvgIpc) is 3.58. The largest absolute Gasteiger partial charge is 0.497 e. The molecule has 168 valence electrons. The van der Waals surface area contributed by atoms with E-state index in [1.54, 1.807) is 34.7 Å². The van der Waals surface area contributed by atoms with Gasteiger partial charge in [0.1, 0.15) is 11.8 Å². The van der Waals surface area contributed by atoms with Crippen LogP contribution in [0, 0.1) is 0 Å². The van der Waals surface area contributed by atoms with E-state index in [9.17, 15) is 9.59 Å². The van der Waals surface area contributed by atoms with Crippen LogP contribution in [0.1, 0.15) is 47.0 Å². The van der Waals surface area contributed by atoms with Crippen molar-refractivity contribution < 1.29 is 14.3 Å². The number of ether oxygens (including phenoxy) is 1. The van der Waals surface area contributed by atoms with E-state index in [4.69, 9.17) is 4.74 Å². The lowest BCUT2D eigenvalue weighted by atomic mass is 10.0. The number of benzene rings is 1. The van der Waals surface area contributed by atoms with Gasteiger partial charge in [0.15, 0.2) is 0 Å². The molecule has 0 radical (unpaired) electrons. The number of rotatable bonds is 9. The predicted octanol–water partition coefficient (Wildman–Crippen LogP) is 5.19. The average molecular weight is 469 g/mol. The fourth-order valence-electron chi connectivity index (χ4n) is 4.19. The van der Waals surface area contributed by atoms with Gasteiger partial charge < -0.3 is 15.0 Å². The standard InChI is InChI=1S/C25H28N2O3S2/c1-30-20-10-4-7-18(15-20)24(25(29)26-19-8-2-3-9-19)27(17-22-12-6-14-32-22)23(28)16-21-11-5-13-31-21/h4-7,10-15,19,24H,2-3,8-9,16-17H2,1H3,(H,26,29)/t24-/m1/s1. The second kappa shape index (κ2) is 10.8. The van der Waals surface area contributed by atoms with Crippen molar-refractivity contribution in [3.63, 3.8) is 0 Å². The molecule has 1 fully saturated rings. The number of hydrogen-bond donors (Lipinski definition) is 1. The van der Waals surface area contributed by atoms with E-state index < -0.39 is 6.04 Å². The quantitative estimate of drug-likeness (QED) is 0.470. The summed E-state index contributed by atoms with van der Waals surface area (Å²) in [5.74, 6) is 0.486. The Morgan fingerprint density at radius 3 is 2.44 bits per heavy atom. The van der Waals surface area contributed by atoms with Gasteiger partial charge in [0.05, 0.1) is 20.1 Å². The molecule has 0 unspecified atom stereocenters. The number of amides is 2. The van der Waals surface area contributed by atoms with Crippen molar-refractivity contribution in [2.45, 2.75) is 50.7 Å². The Kier molecular flexibility index (Phi) is 7.60. The molecule has 1 aliphatic rings. The first-order valence-electron chi connectivity index (χ1n) is 10.9. The van der Waals surface area contributed by atoms with Gasteiger partial charge in [0.25, 0.3) is 0 Å². The lowest BCUT2D eigenvalue weighted by molar-refractivity contribution is -0.141. The molecule has 1 aromatic carbocycles. The minimum atomic E-state index is -0.722. The first-order chi connectivity index (χ1) is 15.6. The predicted molar refractivity (Wildman–Crippen MR) is 129 cm³/mol. The van der Waals surface area contributed by atoms with Crippen molar-refractivity contribution in [1.29, 1.82) is 0 Å². The molecule has 2 aromatic heterocycles. The van der Waals surface area contributed by atoms with Gasteiger partial charge in [-0.25, -0.2) is 0 Å². The van der Waals surface area contributed by atoms with Gasteiger partial charge in [0.2, 0.25) is 11.8 Å². The van der Waals surface area contributed by atoms with Crippen LogP contribution >= 0.6 is 22.7 Å². The molecule has 0 saturated heterocycles.